The molecule has 45 heavy (non-hydrogen) atoms. The lowest BCUT2D eigenvalue weighted by atomic mass is 9.97. The molecule has 228 valence electrons. The van der Waals surface area contributed by atoms with Crippen molar-refractivity contribution in [3.63, 3.8) is 0 Å². The van der Waals surface area contributed by atoms with Crippen LogP contribution in [0.5, 0.6) is 5.75 Å². The van der Waals surface area contributed by atoms with Gasteiger partial charge in [-0.3, -0.25) is 4.98 Å². The van der Waals surface area contributed by atoms with Gasteiger partial charge in [0.25, 0.3) is 0 Å². The number of alkyl halides is 2. The molecule has 3 nitrogen and oxygen atoms in total. The molecule has 0 saturated heterocycles. The van der Waals surface area contributed by atoms with Crippen molar-refractivity contribution in [2.45, 2.75) is 38.7 Å². The van der Waals surface area contributed by atoms with Crippen LogP contribution < -0.4 is 4.74 Å². The Morgan fingerprint density at radius 3 is 1.98 bits per heavy atom. The number of aromatic nitrogens is 1. The fourth-order valence-corrected chi connectivity index (χ4v) is 4.94. The number of ether oxygens (including phenoxy) is 1. The van der Waals surface area contributed by atoms with Crippen LogP contribution in [-0.2, 0) is 12.5 Å². The van der Waals surface area contributed by atoms with Gasteiger partial charge in [0.1, 0.15) is 40.7 Å². The van der Waals surface area contributed by atoms with E-state index in [1.54, 1.807) is 18.2 Å². The average Bonchev–Trinajstić information content (AvgIpc) is 3.01. The molecule has 0 bridgehead atoms. The summed E-state index contributed by atoms with van der Waals surface area (Å²) in [6, 6.07) is 20.3. The normalized spacial score (nSPS) is 11.3. The van der Waals surface area contributed by atoms with Crippen LogP contribution in [0.4, 0.5) is 26.3 Å². The van der Waals surface area contributed by atoms with Gasteiger partial charge < -0.3 is 4.74 Å². The Kier molecular flexibility index (Phi) is 9.24. The number of unbranched alkanes of at least 4 members (excludes halogenated alkanes) is 2. The lowest BCUT2D eigenvalue weighted by molar-refractivity contribution is -0.189. The maximum Gasteiger partial charge on any atom is 0.432 e. The maximum atomic E-state index is 15.2. The summed E-state index contributed by atoms with van der Waals surface area (Å²) in [5.41, 5.74) is 1.37. The molecule has 0 aliphatic carbocycles. The summed E-state index contributed by atoms with van der Waals surface area (Å²) in [5, 5.41) is 8.78. The Labute approximate surface area is 256 Å². The molecule has 0 radical (unpaired) electrons. The summed E-state index contributed by atoms with van der Waals surface area (Å²) in [6.07, 6.45) is 1.75. The van der Waals surface area contributed by atoms with E-state index in [2.05, 4.69) is 22.7 Å². The molecular weight excluding hydrogens is 590 g/mol. The molecule has 0 aliphatic rings. The molecule has 0 atom stereocenters. The summed E-state index contributed by atoms with van der Waals surface area (Å²) in [6.45, 7) is 2.16. The van der Waals surface area contributed by atoms with E-state index in [-0.39, 0.29) is 11.1 Å². The first-order chi connectivity index (χ1) is 21.6. The zero-order valence-corrected chi connectivity index (χ0v) is 24.1. The standard InChI is InChI=1S/C36H26F6N2O/c1-2-3-4-5-22-6-15-34(44-21-22)24-9-7-23(8-10-24)25-12-14-29(31(38)16-25)27-17-32(39)35(33(40)18-27)36(41,42)45-28-13-11-26(20-43)30(37)19-28/h6-19,21H,2-5H2,1H3. The van der Waals surface area contributed by atoms with Gasteiger partial charge in [-0.1, -0.05) is 62.2 Å². The number of benzene rings is 4. The van der Waals surface area contributed by atoms with Gasteiger partial charge in [0.15, 0.2) is 0 Å². The van der Waals surface area contributed by atoms with Gasteiger partial charge >= 0.3 is 6.11 Å². The first-order valence-electron chi connectivity index (χ1n) is 14.2. The number of hydrogen-bond acceptors (Lipinski definition) is 3. The third-order valence-electron chi connectivity index (χ3n) is 7.33. The van der Waals surface area contributed by atoms with Gasteiger partial charge in [-0.25, -0.2) is 17.6 Å². The molecule has 0 aliphatic heterocycles. The van der Waals surface area contributed by atoms with Crippen molar-refractivity contribution in [2.75, 3.05) is 0 Å². The third kappa shape index (κ3) is 7.01. The van der Waals surface area contributed by atoms with E-state index in [9.17, 15) is 22.0 Å². The minimum absolute atomic E-state index is 0.207. The topological polar surface area (TPSA) is 45.9 Å². The first-order valence-corrected chi connectivity index (χ1v) is 14.2. The van der Waals surface area contributed by atoms with E-state index >= 15 is 4.39 Å². The van der Waals surface area contributed by atoms with E-state index in [1.165, 1.54) is 30.2 Å². The van der Waals surface area contributed by atoms with Crippen molar-refractivity contribution in [1.82, 2.24) is 4.98 Å². The minimum atomic E-state index is -4.55. The van der Waals surface area contributed by atoms with Gasteiger partial charge in [-0.15, -0.1) is 0 Å². The number of pyridine rings is 1. The molecule has 1 aromatic heterocycles. The molecule has 5 aromatic rings. The van der Waals surface area contributed by atoms with E-state index < -0.39 is 46.3 Å². The second-order valence-corrected chi connectivity index (χ2v) is 10.5. The van der Waals surface area contributed by atoms with Crippen LogP contribution in [0.15, 0.2) is 91.1 Å². The summed E-state index contributed by atoms with van der Waals surface area (Å²) >= 11 is 0. The third-order valence-corrected chi connectivity index (χ3v) is 7.33. The Hall–Kier alpha value is -5.10. The molecule has 0 fully saturated rings. The number of nitriles is 1. The van der Waals surface area contributed by atoms with Crippen LogP contribution in [0.2, 0.25) is 0 Å². The quantitative estimate of drug-likeness (QED) is 0.116. The van der Waals surface area contributed by atoms with Crippen LogP contribution in [0.3, 0.4) is 0 Å². The molecule has 0 amide bonds. The molecule has 9 heteroatoms. The molecule has 0 N–H and O–H groups in total. The van der Waals surface area contributed by atoms with Gasteiger partial charge in [-0.05, 0) is 71.5 Å². The Bertz CT molecular complexity index is 1840. The predicted molar refractivity (Wildman–Crippen MR) is 159 cm³/mol. The molecule has 5 rings (SSSR count). The predicted octanol–water partition coefficient (Wildman–Crippen LogP) is 10.4. The second kappa shape index (κ2) is 13.3. The van der Waals surface area contributed by atoms with Crippen molar-refractivity contribution < 1.29 is 31.1 Å². The fourth-order valence-electron chi connectivity index (χ4n) is 4.94. The molecule has 0 spiro atoms. The number of rotatable bonds is 10. The molecule has 0 unspecified atom stereocenters. The highest BCUT2D eigenvalue weighted by molar-refractivity contribution is 5.73. The van der Waals surface area contributed by atoms with Gasteiger partial charge in [0, 0.05) is 23.4 Å². The monoisotopic (exact) mass is 616 g/mol. The zero-order chi connectivity index (χ0) is 32.1. The number of aryl methyl sites for hydroxylation is 1. The SMILES string of the molecule is CCCCCc1ccc(-c2ccc(-c3ccc(-c4cc(F)c(C(F)(F)Oc5ccc(C#N)c(F)c5)c(F)c4)c(F)c3)cc2)nc1. The Balaban J connectivity index is 1.34. The van der Waals surface area contributed by atoms with E-state index in [0.29, 0.717) is 29.3 Å². The number of nitrogens with zero attached hydrogens (tertiary/aromatic N) is 2. The highest BCUT2D eigenvalue weighted by atomic mass is 19.3. The number of halogens is 6. The highest BCUT2D eigenvalue weighted by Gasteiger charge is 2.41. The second-order valence-electron chi connectivity index (χ2n) is 10.5. The van der Waals surface area contributed by atoms with Crippen LogP contribution in [-0.4, -0.2) is 4.98 Å². The summed E-state index contributed by atoms with van der Waals surface area (Å²) < 4.78 is 92.7. The maximum absolute atomic E-state index is 15.2. The lowest BCUT2D eigenvalue weighted by Gasteiger charge is -2.20. The van der Waals surface area contributed by atoms with Crippen molar-refractivity contribution in [3.05, 3.63) is 131 Å². The Morgan fingerprint density at radius 2 is 1.38 bits per heavy atom. The fraction of sp³-hybridized carbons (Fsp3) is 0.167. The van der Waals surface area contributed by atoms with E-state index in [4.69, 9.17) is 5.26 Å². The van der Waals surface area contributed by atoms with E-state index in [0.717, 1.165) is 42.7 Å². The molecule has 1 heterocycles. The van der Waals surface area contributed by atoms with Crippen LogP contribution >= 0.6 is 0 Å². The smallest absolute Gasteiger partial charge is 0.429 e. The molecular formula is C36H26F6N2O. The zero-order valence-electron chi connectivity index (χ0n) is 24.1. The van der Waals surface area contributed by atoms with Crippen LogP contribution in [0, 0.1) is 34.6 Å². The molecule has 0 saturated carbocycles. The first kappa shape index (κ1) is 31.3. The van der Waals surface area contributed by atoms with Gasteiger partial charge in [0.05, 0.1) is 11.3 Å². The highest BCUT2D eigenvalue weighted by Crippen LogP contribution is 2.38. The van der Waals surface area contributed by atoms with Crippen molar-refractivity contribution in [3.8, 4) is 45.3 Å². The van der Waals surface area contributed by atoms with E-state index in [1.807, 2.05) is 24.4 Å². The summed E-state index contributed by atoms with van der Waals surface area (Å²) in [5.74, 6) is -6.09. The van der Waals surface area contributed by atoms with Gasteiger partial charge in [-0.2, -0.15) is 14.0 Å². The van der Waals surface area contributed by atoms with Crippen molar-refractivity contribution in [2.24, 2.45) is 0 Å². The summed E-state index contributed by atoms with van der Waals surface area (Å²) in [7, 11) is 0. The van der Waals surface area contributed by atoms with Crippen molar-refractivity contribution in [1.29, 1.82) is 5.26 Å². The number of hydrogen-bond donors (Lipinski definition) is 0. The summed E-state index contributed by atoms with van der Waals surface area (Å²) in [4.78, 5) is 4.55. The Morgan fingerprint density at radius 1 is 0.711 bits per heavy atom. The van der Waals surface area contributed by atoms with Crippen molar-refractivity contribution >= 4 is 0 Å². The van der Waals surface area contributed by atoms with Crippen LogP contribution in [0.25, 0.3) is 33.5 Å². The molecule has 4 aromatic carbocycles. The van der Waals surface area contributed by atoms with Gasteiger partial charge in [0.2, 0.25) is 0 Å². The minimum Gasteiger partial charge on any atom is -0.429 e. The van der Waals surface area contributed by atoms with Crippen LogP contribution in [0.1, 0.15) is 42.9 Å². The average molecular weight is 617 g/mol. The largest absolute Gasteiger partial charge is 0.432 e. The lowest BCUT2D eigenvalue weighted by Crippen LogP contribution is -2.25.